The van der Waals surface area contributed by atoms with Gasteiger partial charge in [-0.3, -0.25) is 0 Å². The summed E-state index contributed by atoms with van der Waals surface area (Å²) in [5.41, 5.74) is 2.90. The van der Waals surface area contributed by atoms with E-state index in [0.29, 0.717) is 12.8 Å². The number of aliphatic hydroxyl groups is 10. The molecular formula is C23H38F3NO10. The highest BCUT2D eigenvalue weighted by Crippen LogP contribution is 2.60. The summed E-state index contributed by atoms with van der Waals surface area (Å²) in [6, 6.07) is 0. The lowest BCUT2D eigenvalue weighted by Gasteiger charge is -2.65. The highest BCUT2D eigenvalue weighted by atomic mass is 19.3. The zero-order valence-corrected chi connectivity index (χ0v) is 20.0. The van der Waals surface area contributed by atoms with Gasteiger partial charge in [-0.05, 0) is 43.4 Å². The predicted molar refractivity (Wildman–Crippen MR) is 117 cm³/mol. The maximum absolute atomic E-state index is 14.3. The normalized spacial score (nSPS) is 52.9. The van der Waals surface area contributed by atoms with Gasteiger partial charge >= 0.3 is 6.11 Å². The summed E-state index contributed by atoms with van der Waals surface area (Å²) >= 11 is 0. The van der Waals surface area contributed by atoms with E-state index >= 15 is 0 Å². The quantitative estimate of drug-likeness (QED) is 0.157. The van der Waals surface area contributed by atoms with E-state index in [4.69, 9.17) is 10.8 Å². The Bertz CT molecular complexity index is 833. The minimum atomic E-state index is -5.09. The van der Waals surface area contributed by atoms with Crippen molar-refractivity contribution in [1.29, 1.82) is 0 Å². The number of alkyl halides is 3. The molecule has 216 valence electrons. The van der Waals surface area contributed by atoms with Crippen molar-refractivity contribution in [3.8, 4) is 0 Å². The van der Waals surface area contributed by atoms with Crippen molar-refractivity contribution >= 4 is 0 Å². The molecule has 11 nitrogen and oxygen atoms in total. The van der Waals surface area contributed by atoms with E-state index in [0.717, 1.165) is 0 Å². The van der Waals surface area contributed by atoms with Crippen LogP contribution in [0.15, 0.2) is 0 Å². The molecule has 16 atom stereocenters. The van der Waals surface area contributed by atoms with Crippen LogP contribution in [0.3, 0.4) is 0 Å². The van der Waals surface area contributed by atoms with E-state index in [1.165, 1.54) is 0 Å². The van der Waals surface area contributed by atoms with Crippen molar-refractivity contribution in [2.45, 2.75) is 98.9 Å². The number of rotatable bonds is 5. The molecule has 0 heterocycles. The van der Waals surface area contributed by atoms with Gasteiger partial charge in [0.05, 0.1) is 42.5 Å². The Morgan fingerprint density at radius 1 is 0.865 bits per heavy atom. The maximum atomic E-state index is 14.3. The summed E-state index contributed by atoms with van der Waals surface area (Å²) in [5, 5.41) is 106. The Balaban J connectivity index is 1.76. The van der Waals surface area contributed by atoms with Gasteiger partial charge in [-0.15, -0.1) is 0 Å². The minimum absolute atomic E-state index is 0.256. The number of nitrogens with two attached hydrogens (primary N) is 1. The van der Waals surface area contributed by atoms with Crippen molar-refractivity contribution in [2.24, 2.45) is 47.2 Å². The molecular weight excluding hydrogens is 507 g/mol. The van der Waals surface area contributed by atoms with Crippen molar-refractivity contribution < 1.29 is 64.2 Å². The summed E-state index contributed by atoms with van der Waals surface area (Å²) in [4.78, 5) is 0. The molecule has 4 fully saturated rings. The maximum Gasteiger partial charge on any atom is 0.412 e. The molecule has 0 saturated heterocycles. The molecule has 0 bridgehead atoms. The van der Waals surface area contributed by atoms with E-state index in [1.807, 2.05) is 0 Å². The average molecular weight is 546 g/mol. The number of hydrogen-bond acceptors (Lipinski definition) is 11. The zero-order chi connectivity index (χ0) is 27.8. The number of halogens is 3. The van der Waals surface area contributed by atoms with Gasteiger partial charge in [0, 0.05) is 24.2 Å². The van der Waals surface area contributed by atoms with E-state index in [2.05, 4.69) is 0 Å². The molecule has 37 heavy (non-hydrogen) atoms. The molecule has 12 N–H and O–H groups in total. The summed E-state index contributed by atoms with van der Waals surface area (Å²) in [6.45, 7) is 0. The molecule has 0 aromatic rings. The van der Waals surface area contributed by atoms with Crippen LogP contribution in [-0.2, 0) is 0 Å². The first-order valence-corrected chi connectivity index (χ1v) is 12.7. The second kappa shape index (κ2) is 9.77. The average Bonchev–Trinajstić information content (AvgIpc) is 2.77. The summed E-state index contributed by atoms with van der Waals surface area (Å²) in [7, 11) is 0. The van der Waals surface area contributed by atoms with E-state index in [-0.39, 0.29) is 6.42 Å². The molecule has 0 radical (unpaired) electrons. The van der Waals surface area contributed by atoms with Gasteiger partial charge in [0.15, 0.2) is 0 Å². The van der Waals surface area contributed by atoms with Crippen LogP contribution in [0.1, 0.15) is 38.5 Å². The van der Waals surface area contributed by atoms with Crippen molar-refractivity contribution in [1.82, 2.24) is 0 Å². The van der Waals surface area contributed by atoms with Gasteiger partial charge < -0.3 is 56.8 Å². The third-order valence-electron chi connectivity index (χ3n) is 9.93. The van der Waals surface area contributed by atoms with Crippen LogP contribution in [0, 0.1) is 41.4 Å². The fourth-order valence-corrected chi connectivity index (χ4v) is 8.20. The lowest BCUT2D eigenvalue weighted by molar-refractivity contribution is -0.357. The van der Waals surface area contributed by atoms with E-state index in [1.54, 1.807) is 0 Å². The highest BCUT2D eigenvalue weighted by molar-refractivity contribution is 5.19. The Morgan fingerprint density at radius 2 is 1.49 bits per heavy atom. The highest BCUT2D eigenvalue weighted by Gasteiger charge is 2.71. The largest absolute Gasteiger partial charge is 0.412 e. The van der Waals surface area contributed by atoms with Gasteiger partial charge in [0.2, 0.25) is 0 Å². The third-order valence-corrected chi connectivity index (χ3v) is 9.93. The smallest absolute Gasteiger partial charge is 0.393 e. The number of hydrogen-bond donors (Lipinski definition) is 11. The van der Waals surface area contributed by atoms with Gasteiger partial charge in [0.1, 0.15) is 11.8 Å². The van der Waals surface area contributed by atoms with Gasteiger partial charge in [-0.2, -0.15) is 8.78 Å². The Labute approximate surface area is 211 Å². The fraction of sp³-hybridized carbons (Fsp3) is 1.00. The van der Waals surface area contributed by atoms with Gasteiger partial charge in [-0.25, -0.2) is 4.39 Å². The van der Waals surface area contributed by atoms with Crippen LogP contribution in [0.25, 0.3) is 0 Å². The molecule has 0 aromatic carbocycles. The first-order valence-electron chi connectivity index (χ1n) is 12.7. The Morgan fingerprint density at radius 3 is 2.05 bits per heavy atom. The molecule has 4 aliphatic rings. The SMILES string of the molecule is NC(O)C1C(O)CC2C(O)C3C(CCC(O)(F)C(O)(F)F)C4CCCC(O)C4C(O)C3C(O)C2(O)C1O. The van der Waals surface area contributed by atoms with Crippen molar-refractivity contribution in [2.75, 3.05) is 0 Å². The minimum Gasteiger partial charge on any atom is -0.393 e. The van der Waals surface area contributed by atoms with Crippen LogP contribution in [0.2, 0.25) is 0 Å². The molecule has 0 aliphatic heterocycles. The molecule has 4 rings (SSSR count). The first kappa shape index (κ1) is 29.3. The second-order valence-electron chi connectivity index (χ2n) is 11.6. The molecule has 4 saturated carbocycles. The lowest BCUT2D eigenvalue weighted by Crippen LogP contribution is -2.78. The van der Waals surface area contributed by atoms with E-state index < -0.39 is 121 Å². The fourth-order valence-electron chi connectivity index (χ4n) is 8.20. The lowest BCUT2D eigenvalue weighted by atomic mass is 9.45. The molecule has 4 aliphatic carbocycles. The van der Waals surface area contributed by atoms with Crippen LogP contribution in [-0.4, -0.2) is 111 Å². The van der Waals surface area contributed by atoms with E-state index in [9.17, 15) is 59.1 Å². The molecule has 0 aromatic heterocycles. The predicted octanol–water partition coefficient (Wildman–Crippen LogP) is -2.89. The number of aliphatic hydroxyl groups excluding tert-OH is 7. The molecule has 16 unspecified atom stereocenters. The van der Waals surface area contributed by atoms with Crippen molar-refractivity contribution in [3.05, 3.63) is 0 Å². The molecule has 14 heteroatoms. The van der Waals surface area contributed by atoms with Crippen LogP contribution < -0.4 is 5.73 Å². The van der Waals surface area contributed by atoms with Gasteiger partial charge in [0.25, 0.3) is 5.85 Å². The van der Waals surface area contributed by atoms with Crippen LogP contribution in [0.4, 0.5) is 13.2 Å². The standard InChI is InChI=1S/C23H38F3NO10/c24-21(35,23(25,26)37)5-4-8-7-2-1-3-10(28)12(7)17(31)15-13(8)16(30)9-6-11(29)14(20(27)34)18(32)22(9,36)19(15)33/h7-20,28-37H,1-6,27H2. The van der Waals surface area contributed by atoms with Crippen molar-refractivity contribution in [3.63, 3.8) is 0 Å². The Hall–Kier alpha value is -0.650. The summed E-state index contributed by atoms with van der Waals surface area (Å²) in [5.74, 6) is -12.5. The van der Waals surface area contributed by atoms with Gasteiger partial charge in [-0.1, -0.05) is 6.42 Å². The van der Waals surface area contributed by atoms with Crippen LogP contribution in [0.5, 0.6) is 0 Å². The zero-order valence-electron chi connectivity index (χ0n) is 20.0. The molecule has 0 amide bonds. The monoisotopic (exact) mass is 545 g/mol. The molecule has 0 spiro atoms. The topological polar surface area (TPSA) is 228 Å². The number of fused-ring (bicyclic) bond motifs is 3. The first-order chi connectivity index (χ1) is 17.0. The van der Waals surface area contributed by atoms with Crippen LogP contribution >= 0.6 is 0 Å². The summed E-state index contributed by atoms with van der Waals surface area (Å²) in [6.07, 6.45) is -18.0. The Kier molecular flexibility index (Phi) is 7.74. The third kappa shape index (κ3) is 4.42. The second-order valence-corrected chi connectivity index (χ2v) is 11.6. The summed E-state index contributed by atoms with van der Waals surface area (Å²) < 4.78 is 40.9.